The average molecular weight is 753 g/mol. The SMILES string of the molecule is Fc1ccc(-c2cccnc2N=C2Nc3cccc4c(-c5ccc(-c6ccc7c8c(cccc68)NC7=Nc6ncccc6-c6ccc(F)cc6)cc5)ccc2c34)cc1. The molecule has 2 aromatic heterocycles. The topological polar surface area (TPSA) is 74.6 Å². The standard InChI is InChI=1S/C50H30F2N6/c51-33-19-15-31(16-20-33)37-7-3-27-53-47(37)57-49-41-25-23-35(39-5-1-9-43(55-49)45(39)41)29-11-13-30(14-12-29)36-24-26-42-46-40(36)6-2-10-44(46)56-50(42)58-48-38(8-4-28-54-48)32-17-21-34(52)22-18-32/h1-28H,(H,53,55,57)(H,54,56,58). The van der Waals surface area contributed by atoms with Gasteiger partial charge >= 0.3 is 0 Å². The Morgan fingerprint density at radius 1 is 0.362 bits per heavy atom. The molecule has 8 heteroatoms. The molecule has 0 spiro atoms. The maximum absolute atomic E-state index is 13.7. The first-order valence-corrected chi connectivity index (χ1v) is 18.9. The predicted octanol–water partition coefficient (Wildman–Crippen LogP) is 12.7. The summed E-state index contributed by atoms with van der Waals surface area (Å²) in [7, 11) is 0. The number of hydrogen-bond acceptors (Lipinski definition) is 4. The van der Waals surface area contributed by atoms with E-state index in [4.69, 9.17) is 9.98 Å². The molecule has 4 heterocycles. The molecular formula is C50H30F2N6. The van der Waals surface area contributed by atoms with Gasteiger partial charge in [-0.15, -0.1) is 0 Å². The van der Waals surface area contributed by atoms with Crippen LogP contribution in [0.1, 0.15) is 11.1 Å². The highest BCUT2D eigenvalue weighted by Crippen LogP contribution is 2.43. The summed E-state index contributed by atoms with van der Waals surface area (Å²) < 4.78 is 27.4. The maximum atomic E-state index is 13.7. The number of anilines is 2. The molecule has 6 nitrogen and oxygen atoms in total. The van der Waals surface area contributed by atoms with Gasteiger partial charge in [0.2, 0.25) is 0 Å². The van der Waals surface area contributed by atoms with E-state index in [0.717, 1.165) is 100 Å². The van der Waals surface area contributed by atoms with Crippen molar-refractivity contribution in [2.75, 3.05) is 10.6 Å². The Morgan fingerprint density at radius 2 is 0.741 bits per heavy atom. The summed E-state index contributed by atoms with van der Waals surface area (Å²) in [5.74, 6) is 1.99. The fourth-order valence-electron chi connectivity index (χ4n) is 8.21. The van der Waals surface area contributed by atoms with E-state index in [0.29, 0.717) is 11.6 Å². The molecule has 2 aliphatic rings. The molecule has 0 saturated carbocycles. The van der Waals surface area contributed by atoms with Crippen LogP contribution in [0, 0.1) is 11.6 Å². The van der Waals surface area contributed by atoms with Crippen molar-refractivity contribution in [1.82, 2.24) is 9.97 Å². The molecular weight excluding hydrogens is 723 g/mol. The number of hydrogen-bond donors (Lipinski definition) is 2. The Bertz CT molecular complexity index is 2960. The van der Waals surface area contributed by atoms with Gasteiger partial charge < -0.3 is 10.6 Å². The maximum Gasteiger partial charge on any atom is 0.162 e. The first-order chi connectivity index (χ1) is 28.6. The molecule has 2 N–H and O–H groups in total. The van der Waals surface area contributed by atoms with E-state index in [1.807, 2.05) is 24.3 Å². The van der Waals surface area contributed by atoms with Crippen LogP contribution in [0.3, 0.4) is 0 Å². The normalized spacial score (nSPS) is 14.0. The van der Waals surface area contributed by atoms with Crippen LogP contribution in [0.25, 0.3) is 66.1 Å². The quantitative estimate of drug-likeness (QED) is 0.177. The van der Waals surface area contributed by atoms with Crippen LogP contribution >= 0.6 is 0 Å². The number of amidine groups is 2. The lowest BCUT2D eigenvalue weighted by molar-refractivity contribution is 0.627. The summed E-state index contributed by atoms with van der Waals surface area (Å²) in [6.45, 7) is 0. The van der Waals surface area contributed by atoms with E-state index in [9.17, 15) is 8.78 Å². The highest BCUT2D eigenvalue weighted by atomic mass is 19.1. The van der Waals surface area contributed by atoms with Gasteiger partial charge in [-0.1, -0.05) is 84.9 Å². The third kappa shape index (κ3) is 5.61. The first-order valence-electron chi connectivity index (χ1n) is 18.9. The van der Waals surface area contributed by atoms with Gasteiger partial charge in [-0.3, -0.25) is 0 Å². The summed E-state index contributed by atoms with van der Waals surface area (Å²) in [6, 6.07) is 50.3. The Kier molecular flexibility index (Phi) is 7.75. The highest BCUT2D eigenvalue weighted by molar-refractivity contribution is 6.29. The molecule has 2 aliphatic heterocycles. The van der Waals surface area contributed by atoms with Crippen LogP contribution in [0.15, 0.2) is 180 Å². The van der Waals surface area contributed by atoms with Gasteiger partial charge in [0.05, 0.1) is 0 Å². The summed E-state index contributed by atoms with van der Waals surface area (Å²) in [5, 5.41) is 11.5. The predicted molar refractivity (Wildman–Crippen MR) is 231 cm³/mol. The van der Waals surface area contributed by atoms with Gasteiger partial charge in [-0.25, -0.2) is 28.7 Å². The molecule has 0 bridgehead atoms. The van der Waals surface area contributed by atoms with Crippen LogP contribution in [-0.2, 0) is 0 Å². The van der Waals surface area contributed by atoms with E-state index < -0.39 is 0 Å². The minimum atomic E-state index is -0.286. The van der Waals surface area contributed by atoms with Gasteiger partial charge in [0.25, 0.3) is 0 Å². The third-order valence-electron chi connectivity index (χ3n) is 10.9. The molecule has 9 aromatic rings. The zero-order valence-electron chi connectivity index (χ0n) is 30.7. The van der Waals surface area contributed by atoms with Gasteiger partial charge in [0.1, 0.15) is 23.3 Å². The minimum Gasteiger partial charge on any atom is -0.339 e. The number of aromatic nitrogens is 2. The van der Waals surface area contributed by atoms with Crippen molar-refractivity contribution < 1.29 is 8.78 Å². The van der Waals surface area contributed by atoms with E-state index >= 15 is 0 Å². The molecule has 0 atom stereocenters. The Hall–Kier alpha value is -7.84. The van der Waals surface area contributed by atoms with E-state index in [-0.39, 0.29) is 11.6 Å². The molecule has 0 radical (unpaired) electrons. The highest BCUT2D eigenvalue weighted by Gasteiger charge is 2.24. The monoisotopic (exact) mass is 752 g/mol. The number of pyridine rings is 2. The molecule has 0 fully saturated rings. The van der Waals surface area contributed by atoms with Crippen molar-refractivity contribution in [3.05, 3.63) is 193 Å². The van der Waals surface area contributed by atoms with Crippen LogP contribution < -0.4 is 10.6 Å². The lowest BCUT2D eigenvalue weighted by Gasteiger charge is -2.11. The average Bonchev–Trinajstić information content (AvgIpc) is 3.81. The number of halogens is 2. The van der Waals surface area contributed by atoms with Crippen molar-refractivity contribution in [1.29, 1.82) is 0 Å². The fourth-order valence-corrected chi connectivity index (χ4v) is 8.21. The second-order valence-electron chi connectivity index (χ2n) is 14.3. The van der Waals surface area contributed by atoms with Gasteiger partial charge in [0.15, 0.2) is 11.6 Å². The molecule has 274 valence electrons. The molecule has 0 unspecified atom stereocenters. The van der Waals surface area contributed by atoms with Gasteiger partial charge in [0, 0.05) is 56.8 Å². The van der Waals surface area contributed by atoms with Crippen LogP contribution in [-0.4, -0.2) is 21.6 Å². The summed E-state index contributed by atoms with van der Waals surface area (Å²) in [5.41, 5.74) is 11.8. The van der Waals surface area contributed by atoms with Gasteiger partial charge in [-0.05, 0) is 117 Å². The largest absolute Gasteiger partial charge is 0.339 e. The first kappa shape index (κ1) is 33.5. The van der Waals surface area contributed by atoms with Crippen molar-refractivity contribution in [3.63, 3.8) is 0 Å². The number of aliphatic imine (C=N–C) groups is 2. The second kappa shape index (κ2) is 13.4. The van der Waals surface area contributed by atoms with Gasteiger partial charge in [-0.2, -0.15) is 0 Å². The number of nitrogens with zero attached hydrogens (tertiary/aromatic N) is 4. The molecule has 0 saturated heterocycles. The molecule has 58 heavy (non-hydrogen) atoms. The van der Waals surface area contributed by atoms with Crippen LogP contribution in [0.4, 0.5) is 31.8 Å². The lowest BCUT2D eigenvalue weighted by atomic mass is 9.92. The van der Waals surface area contributed by atoms with E-state index in [1.165, 1.54) is 24.3 Å². The van der Waals surface area contributed by atoms with E-state index in [2.05, 4.69) is 106 Å². The minimum absolute atomic E-state index is 0.286. The second-order valence-corrected chi connectivity index (χ2v) is 14.3. The Balaban J connectivity index is 0.927. The number of benzene rings is 7. The number of nitrogens with one attached hydrogen (secondary N) is 2. The third-order valence-corrected chi connectivity index (χ3v) is 10.9. The number of rotatable bonds is 6. The zero-order valence-corrected chi connectivity index (χ0v) is 30.7. The van der Waals surface area contributed by atoms with Crippen LogP contribution in [0.2, 0.25) is 0 Å². The van der Waals surface area contributed by atoms with Crippen molar-refractivity contribution in [2.45, 2.75) is 0 Å². The van der Waals surface area contributed by atoms with E-state index in [1.54, 1.807) is 36.7 Å². The molecule has 11 rings (SSSR count). The Morgan fingerprint density at radius 3 is 1.17 bits per heavy atom. The molecule has 0 amide bonds. The Labute approximate surface area is 332 Å². The van der Waals surface area contributed by atoms with Crippen molar-refractivity contribution in [3.8, 4) is 44.5 Å². The summed E-state index contributed by atoms with van der Waals surface area (Å²) in [6.07, 6.45) is 3.44. The smallest absolute Gasteiger partial charge is 0.162 e. The molecule has 7 aromatic carbocycles. The summed E-state index contributed by atoms with van der Waals surface area (Å²) in [4.78, 5) is 19.2. The fraction of sp³-hybridized carbons (Fsp3) is 0. The lowest BCUT2D eigenvalue weighted by Crippen LogP contribution is -2.07. The summed E-state index contributed by atoms with van der Waals surface area (Å²) >= 11 is 0. The van der Waals surface area contributed by atoms with Crippen LogP contribution in [0.5, 0.6) is 0 Å². The van der Waals surface area contributed by atoms with Crippen molar-refractivity contribution >= 4 is 56.2 Å². The molecule has 0 aliphatic carbocycles. The van der Waals surface area contributed by atoms with Crippen molar-refractivity contribution in [2.24, 2.45) is 9.98 Å². The zero-order chi connectivity index (χ0) is 38.7.